The molecular formula is C31H32Cl2N4O. The molecule has 2 aromatic carbocycles. The number of imidazole rings is 1. The Morgan fingerprint density at radius 2 is 1.58 bits per heavy atom. The van der Waals surface area contributed by atoms with Crippen LogP contribution in [0.3, 0.4) is 0 Å². The van der Waals surface area contributed by atoms with E-state index in [1.54, 1.807) is 0 Å². The summed E-state index contributed by atoms with van der Waals surface area (Å²) in [6.07, 6.45) is 6.68. The van der Waals surface area contributed by atoms with Gasteiger partial charge in [-0.05, 0) is 72.9 Å². The van der Waals surface area contributed by atoms with E-state index < -0.39 is 0 Å². The summed E-state index contributed by atoms with van der Waals surface area (Å²) < 4.78 is 2.23. The van der Waals surface area contributed by atoms with Crippen molar-refractivity contribution in [3.63, 3.8) is 0 Å². The van der Waals surface area contributed by atoms with Crippen LogP contribution in [0.5, 0.6) is 0 Å². The van der Waals surface area contributed by atoms with Gasteiger partial charge in [-0.2, -0.15) is 0 Å². The molecule has 1 aliphatic carbocycles. The summed E-state index contributed by atoms with van der Waals surface area (Å²) in [6.45, 7) is 6.15. The first-order valence-electron chi connectivity index (χ1n) is 13.5. The van der Waals surface area contributed by atoms with E-state index in [2.05, 4.69) is 45.5 Å². The summed E-state index contributed by atoms with van der Waals surface area (Å²) in [5.74, 6) is 0.605. The first kappa shape index (κ1) is 25.4. The lowest BCUT2D eigenvalue weighted by molar-refractivity contribution is -0.137. The molecule has 6 rings (SSSR count). The molecular weight excluding hydrogens is 515 g/mol. The fourth-order valence-electron chi connectivity index (χ4n) is 5.96. The SMILES string of the molecule is Cc1cc(Cl)ccc1-c1ccc2nc(-c3ccc(Cl)cc3)c(CN3CCN(C(=O)C4CCCC4)CC3)n2c1. The number of aryl methyl sites for hydroxylation is 1. The van der Waals surface area contributed by atoms with Crippen molar-refractivity contribution in [2.24, 2.45) is 5.92 Å². The van der Waals surface area contributed by atoms with Gasteiger partial charge in [-0.15, -0.1) is 0 Å². The van der Waals surface area contributed by atoms with Gasteiger partial charge in [0.1, 0.15) is 5.65 Å². The maximum absolute atomic E-state index is 13.0. The minimum Gasteiger partial charge on any atom is -0.340 e. The zero-order valence-corrected chi connectivity index (χ0v) is 23.2. The van der Waals surface area contributed by atoms with Crippen LogP contribution in [-0.2, 0) is 11.3 Å². The second kappa shape index (κ2) is 10.7. The van der Waals surface area contributed by atoms with Crippen LogP contribution in [0.25, 0.3) is 28.0 Å². The zero-order valence-electron chi connectivity index (χ0n) is 21.7. The molecule has 1 amide bonds. The number of aromatic nitrogens is 2. The number of benzene rings is 2. The molecule has 2 fully saturated rings. The van der Waals surface area contributed by atoms with Crippen LogP contribution < -0.4 is 0 Å². The van der Waals surface area contributed by atoms with Crippen molar-refractivity contribution < 1.29 is 4.79 Å². The molecule has 4 aromatic rings. The van der Waals surface area contributed by atoms with Gasteiger partial charge < -0.3 is 9.30 Å². The van der Waals surface area contributed by atoms with E-state index in [0.717, 1.165) is 89.9 Å². The number of halogens is 2. The molecule has 38 heavy (non-hydrogen) atoms. The van der Waals surface area contributed by atoms with Crippen LogP contribution in [-0.4, -0.2) is 51.3 Å². The van der Waals surface area contributed by atoms with Crippen molar-refractivity contribution in [3.8, 4) is 22.4 Å². The van der Waals surface area contributed by atoms with E-state index in [1.807, 2.05) is 36.4 Å². The summed E-state index contributed by atoms with van der Waals surface area (Å²) >= 11 is 12.4. The lowest BCUT2D eigenvalue weighted by Crippen LogP contribution is -2.49. The number of pyridine rings is 1. The van der Waals surface area contributed by atoms with Crippen molar-refractivity contribution in [2.75, 3.05) is 26.2 Å². The first-order valence-corrected chi connectivity index (χ1v) is 14.3. The van der Waals surface area contributed by atoms with E-state index in [1.165, 1.54) is 12.8 Å². The fourth-order valence-corrected chi connectivity index (χ4v) is 6.32. The van der Waals surface area contributed by atoms with E-state index >= 15 is 0 Å². The number of rotatable bonds is 5. The minimum atomic E-state index is 0.242. The molecule has 5 nitrogen and oxygen atoms in total. The number of hydrogen-bond acceptors (Lipinski definition) is 3. The summed E-state index contributed by atoms with van der Waals surface area (Å²) in [6, 6.07) is 18.1. The van der Waals surface area contributed by atoms with Crippen molar-refractivity contribution >= 4 is 34.8 Å². The Hall–Kier alpha value is -2.86. The lowest BCUT2D eigenvalue weighted by atomic mass is 10.0. The highest BCUT2D eigenvalue weighted by Crippen LogP contribution is 2.32. The fraction of sp³-hybridized carbons (Fsp3) is 0.355. The van der Waals surface area contributed by atoms with E-state index in [4.69, 9.17) is 28.2 Å². The second-order valence-electron chi connectivity index (χ2n) is 10.6. The number of amides is 1. The predicted octanol–water partition coefficient (Wildman–Crippen LogP) is 7.12. The van der Waals surface area contributed by atoms with Crippen molar-refractivity contribution in [1.82, 2.24) is 19.2 Å². The average Bonchev–Trinajstić information content (AvgIpc) is 3.58. The Bertz CT molecular complexity index is 1470. The molecule has 1 aliphatic heterocycles. The normalized spacial score (nSPS) is 17.0. The van der Waals surface area contributed by atoms with Gasteiger partial charge >= 0.3 is 0 Å². The van der Waals surface area contributed by atoms with Crippen molar-refractivity contribution in [1.29, 1.82) is 0 Å². The lowest BCUT2D eigenvalue weighted by Gasteiger charge is -2.36. The number of carbonyl (C=O) groups is 1. The van der Waals surface area contributed by atoms with E-state index in [0.29, 0.717) is 10.9 Å². The third kappa shape index (κ3) is 5.07. The maximum atomic E-state index is 13.0. The molecule has 196 valence electrons. The molecule has 1 saturated heterocycles. The molecule has 0 radical (unpaired) electrons. The zero-order chi connectivity index (χ0) is 26.2. The largest absolute Gasteiger partial charge is 0.340 e. The molecule has 0 N–H and O–H groups in total. The van der Waals surface area contributed by atoms with E-state index in [-0.39, 0.29) is 5.92 Å². The van der Waals surface area contributed by atoms with Crippen molar-refractivity contribution in [2.45, 2.75) is 39.2 Å². The molecule has 1 saturated carbocycles. The highest BCUT2D eigenvalue weighted by atomic mass is 35.5. The Morgan fingerprint density at radius 3 is 2.29 bits per heavy atom. The Kier molecular flexibility index (Phi) is 7.17. The number of fused-ring (bicyclic) bond motifs is 1. The average molecular weight is 548 g/mol. The van der Waals surface area contributed by atoms with Gasteiger partial charge in [0, 0.05) is 60.4 Å². The van der Waals surface area contributed by atoms with Crippen LogP contribution in [0.2, 0.25) is 10.0 Å². The smallest absolute Gasteiger partial charge is 0.225 e. The van der Waals surface area contributed by atoms with Gasteiger partial charge in [0.2, 0.25) is 5.91 Å². The Morgan fingerprint density at radius 1 is 0.895 bits per heavy atom. The van der Waals surface area contributed by atoms with Crippen LogP contribution in [0, 0.1) is 12.8 Å². The minimum absolute atomic E-state index is 0.242. The number of hydrogen-bond donors (Lipinski definition) is 0. The molecule has 0 unspecified atom stereocenters. The molecule has 7 heteroatoms. The highest BCUT2D eigenvalue weighted by molar-refractivity contribution is 6.31. The highest BCUT2D eigenvalue weighted by Gasteiger charge is 2.30. The Labute approximate surface area is 234 Å². The summed E-state index contributed by atoms with van der Waals surface area (Å²) in [5, 5.41) is 1.45. The molecule has 0 bridgehead atoms. The molecule has 2 aliphatic rings. The third-order valence-corrected chi connectivity index (χ3v) is 8.58. The van der Waals surface area contributed by atoms with Crippen LogP contribution in [0.15, 0.2) is 60.8 Å². The quantitative estimate of drug-likeness (QED) is 0.267. The predicted molar refractivity (Wildman–Crippen MR) is 155 cm³/mol. The number of carbonyl (C=O) groups excluding carboxylic acids is 1. The summed E-state index contributed by atoms with van der Waals surface area (Å²) in [7, 11) is 0. The summed E-state index contributed by atoms with van der Waals surface area (Å²) in [4.78, 5) is 22.5. The number of nitrogens with zero attached hydrogens (tertiary/aromatic N) is 4. The van der Waals surface area contributed by atoms with Crippen molar-refractivity contribution in [3.05, 3.63) is 82.1 Å². The third-order valence-electron chi connectivity index (χ3n) is 8.10. The van der Waals surface area contributed by atoms with Crippen LogP contribution >= 0.6 is 23.2 Å². The van der Waals surface area contributed by atoms with E-state index in [9.17, 15) is 4.79 Å². The molecule has 3 heterocycles. The van der Waals surface area contributed by atoms with Gasteiger partial charge in [0.15, 0.2) is 0 Å². The van der Waals surface area contributed by atoms with Crippen LogP contribution in [0.1, 0.15) is 36.9 Å². The van der Waals surface area contributed by atoms with Gasteiger partial charge in [0.05, 0.1) is 11.4 Å². The van der Waals surface area contributed by atoms with Gasteiger partial charge in [-0.1, -0.05) is 54.2 Å². The van der Waals surface area contributed by atoms with Gasteiger partial charge in [-0.3, -0.25) is 9.69 Å². The van der Waals surface area contributed by atoms with Crippen LogP contribution in [0.4, 0.5) is 0 Å². The summed E-state index contributed by atoms with van der Waals surface area (Å²) in [5.41, 5.74) is 7.49. The molecule has 0 atom stereocenters. The second-order valence-corrected chi connectivity index (χ2v) is 11.5. The molecule has 2 aromatic heterocycles. The Balaban J connectivity index is 1.32. The number of piperazine rings is 1. The maximum Gasteiger partial charge on any atom is 0.225 e. The standard InChI is InChI=1S/C31H32Cl2N4O/c1-21-18-26(33)11-12-27(21)24-8-13-29-34-30(22-6-9-25(32)10-7-22)28(37(29)19-24)20-35-14-16-36(17-15-35)31(38)23-4-2-3-5-23/h6-13,18-19,23H,2-5,14-17,20H2,1H3. The van der Waals surface area contributed by atoms with Gasteiger partial charge in [0.25, 0.3) is 0 Å². The van der Waals surface area contributed by atoms with Gasteiger partial charge in [-0.25, -0.2) is 4.98 Å². The first-order chi connectivity index (χ1) is 18.5. The monoisotopic (exact) mass is 546 g/mol. The topological polar surface area (TPSA) is 40.9 Å². The molecule has 0 spiro atoms.